The molecule has 4 rings (SSSR count). The highest BCUT2D eigenvalue weighted by atomic mass is 35.5. The number of nitrogens with zero attached hydrogens (tertiary/aromatic N) is 2. The van der Waals surface area contributed by atoms with Crippen molar-refractivity contribution in [3.05, 3.63) is 23.2 Å². The summed E-state index contributed by atoms with van der Waals surface area (Å²) in [5.74, 6) is 5.10. The first-order chi connectivity index (χ1) is 16.7. The summed E-state index contributed by atoms with van der Waals surface area (Å²) in [7, 11) is 0. The molecule has 2 aliphatic carbocycles. The number of nitrogens with one attached hydrogen (secondary N) is 2. The van der Waals surface area contributed by atoms with Crippen LogP contribution in [0, 0.1) is 11.3 Å². The summed E-state index contributed by atoms with van der Waals surface area (Å²) >= 11 is 6.39. The van der Waals surface area contributed by atoms with E-state index in [2.05, 4.69) is 15.5 Å². The van der Waals surface area contributed by atoms with E-state index in [1.807, 2.05) is 13.8 Å². The average Bonchev–Trinajstić information content (AvgIpc) is 3.57. The lowest BCUT2D eigenvalue weighted by Crippen LogP contribution is -2.68. The van der Waals surface area contributed by atoms with Crippen molar-refractivity contribution in [2.24, 2.45) is 17.2 Å². The Morgan fingerprint density at radius 2 is 1.97 bits per heavy atom. The SMILES string of the molecule is CC(C)Oc1ccc(NC2NC(=O)N(CCC(=O)ON)C(=O)N2CC2CCC3(CC2)CC3)cc1Cl. The van der Waals surface area contributed by atoms with Crippen molar-refractivity contribution in [2.45, 2.75) is 71.2 Å². The molecule has 1 heterocycles. The fourth-order valence-electron chi connectivity index (χ4n) is 4.91. The van der Waals surface area contributed by atoms with E-state index < -0.39 is 24.3 Å². The van der Waals surface area contributed by atoms with Gasteiger partial charge in [-0.3, -0.25) is 15.0 Å². The van der Waals surface area contributed by atoms with Gasteiger partial charge >= 0.3 is 18.0 Å². The van der Waals surface area contributed by atoms with Crippen LogP contribution in [0.25, 0.3) is 0 Å². The van der Waals surface area contributed by atoms with Gasteiger partial charge in [0, 0.05) is 18.8 Å². The van der Waals surface area contributed by atoms with Gasteiger partial charge in [0.1, 0.15) is 5.75 Å². The molecule has 0 aromatic heterocycles. The average molecular weight is 508 g/mol. The minimum absolute atomic E-state index is 0.0233. The van der Waals surface area contributed by atoms with Gasteiger partial charge in [-0.1, -0.05) is 11.6 Å². The zero-order valence-corrected chi connectivity index (χ0v) is 21.0. The molecule has 0 radical (unpaired) electrons. The minimum atomic E-state index is -0.766. The molecule has 1 unspecified atom stereocenters. The second-order valence-electron chi connectivity index (χ2n) is 10.1. The molecule has 192 valence electrons. The molecule has 4 N–H and O–H groups in total. The number of rotatable bonds is 9. The van der Waals surface area contributed by atoms with E-state index in [0.717, 1.165) is 17.7 Å². The van der Waals surface area contributed by atoms with Crippen LogP contribution in [-0.4, -0.2) is 53.3 Å². The van der Waals surface area contributed by atoms with Crippen molar-refractivity contribution in [1.82, 2.24) is 15.1 Å². The highest BCUT2D eigenvalue weighted by Gasteiger charge is 2.46. The molecule has 1 atom stereocenters. The van der Waals surface area contributed by atoms with Crippen LogP contribution >= 0.6 is 11.6 Å². The fraction of sp³-hybridized carbons (Fsp3) is 0.625. The Hall–Kier alpha value is -2.72. The lowest BCUT2D eigenvalue weighted by Gasteiger charge is -2.43. The number of imide groups is 1. The van der Waals surface area contributed by atoms with Gasteiger partial charge in [0.25, 0.3) is 0 Å². The Labute approximate surface area is 210 Å². The van der Waals surface area contributed by atoms with E-state index in [-0.39, 0.29) is 19.1 Å². The molecule has 10 nitrogen and oxygen atoms in total. The van der Waals surface area contributed by atoms with E-state index in [1.54, 1.807) is 23.1 Å². The maximum atomic E-state index is 13.4. The molecular formula is C24H34ClN5O5. The van der Waals surface area contributed by atoms with Crippen molar-refractivity contribution in [3.63, 3.8) is 0 Å². The number of carbonyl (C=O) groups excluding carboxylic acids is 3. The number of amides is 4. The molecule has 11 heteroatoms. The molecular weight excluding hydrogens is 474 g/mol. The van der Waals surface area contributed by atoms with Crippen LogP contribution in [-0.2, 0) is 9.63 Å². The highest BCUT2D eigenvalue weighted by molar-refractivity contribution is 6.32. The van der Waals surface area contributed by atoms with Gasteiger partial charge in [-0.05, 0) is 81.9 Å². The van der Waals surface area contributed by atoms with Crippen LogP contribution in [0.2, 0.25) is 5.02 Å². The number of halogens is 1. The second-order valence-corrected chi connectivity index (χ2v) is 10.5. The third-order valence-electron chi connectivity index (χ3n) is 7.14. The summed E-state index contributed by atoms with van der Waals surface area (Å²) in [6.07, 6.45) is 6.12. The normalized spacial score (nSPS) is 21.8. The molecule has 3 fully saturated rings. The Balaban J connectivity index is 1.49. The molecule has 1 aromatic carbocycles. The highest BCUT2D eigenvalue weighted by Crippen LogP contribution is 2.57. The second kappa shape index (κ2) is 10.5. The third-order valence-corrected chi connectivity index (χ3v) is 7.44. The van der Waals surface area contributed by atoms with E-state index in [4.69, 9.17) is 22.2 Å². The summed E-state index contributed by atoms with van der Waals surface area (Å²) in [5.41, 5.74) is 1.18. The number of urea groups is 2. The molecule has 3 aliphatic rings. The largest absolute Gasteiger partial charge is 0.489 e. The van der Waals surface area contributed by atoms with Gasteiger partial charge in [-0.2, -0.15) is 5.90 Å². The van der Waals surface area contributed by atoms with Gasteiger partial charge in [-0.25, -0.2) is 14.5 Å². The minimum Gasteiger partial charge on any atom is -0.489 e. The fourth-order valence-corrected chi connectivity index (χ4v) is 5.13. The first-order valence-electron chi connectivity index (χ1n) is 12.2. The van der Waals surface area contributed by atoms with E-state index >= 15 is 0 Å². The van der Waals surface area contributed by atoms with E-state index in [9.17, 15) is 14.4 Å². The predicted molar refractivity (Wildman–Crippen MR) is 130 cm³/mol. The van der Waals surface area contributed by atoms with Gasteiger partial charge in [0.05, 0.1) is 17.5 Å². The molecule has 4 amide bonds. The predicted octanol–water partition coefficient (Wildman–Crippen LogP) is 4.05. The first kappa shape index (κ1) is 25.4. The summed E-state index contributed by atoms with van der Waals surface area (Å²) in [4.78, 5) is 44.5. The number of carbonyl (C=O) groups is 3. The lowest BCUT2D eigenvalue weighted by atomic mass is 9.79. The molecule has 1 aliphatic heterocycles. The van der Waals surface area contributed by atoms with Crippen molar-refractivity contribution >= 4 is 35.3 Å². The standard InChI is InChI=1S/C24H34ClN5O5/c1-15(2)34-19-4-3-17(13-18(19)25)27-21-28-22(32)29(12-7-20(31)35-26)23(33)30(21)14-16-5-8-24(9-6-16)10-11-24/h3-4,13,15-16,21,27H,5-12,14,26H2,1-2H3,(H,28,32). The molecule has 0 bridgehead atoms. The summed E-state index contributed by atoms with van der Waals surface area (Å²) in [6.45, 7) is 4.20. The van der Waals surface area contributed by atoms with Gasteiger partial charge in [0.15, 0.2) is 6.29 Å². The summed E-state index contributed by atoms with van der Waals surface area (Å²) < 4.78 is 5.69. The van der Waals surface area contributed by atoms with E-state index in [1.165, 1.54) is 25.7 Å². The topological polar surface area (TPSA) is 126 Å². The van der Waals surface area contributed by atoms with Gasteiger partial charge < -0.3 is 14.9 Å². The number of hydrogen-bond donors (Lipinski definition) is 3. The molecule has 1 saturated heterocycles. The lowest BCUT2D eigenvalue weighted by molar-refractivity contribution is -0.144. The molecule has 2 saturated carbocycles. The van der Waals surface area contributed by atoms with Crippen molar-refractivity contribution in [2.75, 3.05) is 18.4 Å². The van der Waals surface area contributed by atoms with Gasteiger partial charge in [-0.15, -0.1) is 0 Å². The number of ether oxygens (including phenoxy) is 1. The summed E-state index contributed by atoms with van der Waals surface area (Å²) in [6, 6.07) is 4.19. The number of anilines is 1. The van der Waals surface area contributed by atoms with Crippen molar-refractivity contribution < 1.29 is 24.0 Å². The Morgan fingerprint density at radius 1 is 1.26 bits per heavy atom. The first-order valence-corrected chi connectivity index (χ1v) is 12.6. The van der Waals surface area contributed by atoms with Crippen LogP contribution in [0.5, 0.6) is 5.75 Å². The van der Waals surface area contributed by atoms with Crippen molar-refractivity contribution in [3.8, 4) is 5.75 Å². The van der Waals surface area contributed by atoms with Crippen molar-refractivity contribution in [1.29, 1.82) is 0 Å². The maximum Gasteiger partial charge on any atom is 0.331 e. The smallest absolute Gasteiger partial charge is 0.331 e. The van der Waals surface area contributed by atoms with Crippen LogP contribution in [0.1, 0.15) is 58.8 Å². The zero-order valence-electron chi connectivity index (χ0n) is 20.2. The molecule has 1 aromatic rings. The molecule has 35 heavy (non-hydrogen) atoms. The monoisotopic (exact) mass is 507 g/mol. The van der Waals surface area contributed by atoms with Crippen LogP contribution in [0.4, 0.5) is 15.3 Å². The number of nitrogens with two attached hydrogens (primary N) is 1. The van der Waals surface area contributed by atoms with Crippen LogP contribution in [0.15, 0.2) is 18.2 Å². The number of benzene rings is 1. The third kappa shape index (κ3) is 6.10. The Kier molecular flexibility index (Phi) is 7.61. The van der Waals surface area contributed by atoms with Gasteiger partial charge in [0.2, 0.25) is 0 Å². The maximum absolute atomic E-state index is 13.4. The van der Waals surface area contributed by atoms with Crippen LogP contribution in [0.3, 0.4) is 0 Å². The number of hydrogen-bond acceptors (Lipinski definition) is 7. The zero-order chi connectivity index (χ0) is 25.2. The molecule has 1 spiro atoms. The Bertz CT molecular complexity index is 960. The Morgan fingerprint density at radius 3 is 2.57 bits per heavy atom. The van der Waals surface area contributed by atoms with Crippen LogP contribution < -0.4 is 21.3 Å². The quantitative estimate of drug-likeness (QED) is 0.430. The summed E-state index contributed by atoms with van der Waals surface area (Å²) in [5, 5.41) is 6.49. The van der Waals surface area contributed by atoms with E-state index in [0.29, 0.717) is 34.3 Å².